The number of benzene rings is 1. The van der Waals surface area contributed by atoms with Crippen molar-refractivity contribution in [2.75, 3.05) is 6.61 Å². The molecule has 3 nitrogen and oxygen atoms in total. The Hall–Kier alpha value is -2.16. The molecule has 0 fully saturated rings. The molecule has 1 aromatic carbocycles. The molecular formula is C23H30O3. The number of hydrogen-bond donors (Lipinski definition) is 0. The summed E-state index contributed by atoms with van der Waals surface area (Å²) in [5.41, 5.74) is 2.75. The Bertz CT molecular complexity index is 683. The Kier molecular flexibility index (Phi) is 7.83. The van der Waals surface area contributed by atoms with Gasteiger partial charge in [0.15, 0.2) is 5.78 Å². The van der Waals surface area contributed by atoms with Crippen molar-refractivity contribution < 1.29 is 14.3 Å². The second kappa shape index (κ2) is 10.1. The van der Waals surface area contributed by atoms with Crippen molar-refractivity contribution >= 4 is 17.3 Å². The number of hydrogen-bond acceptors (Lipinski definition) is 3. The largest absolute Gasteiger partial charge is 0.462 e. The lowest BCUT2D eigenvalue weighted by atomic mass is 9.77. The Morgan fingerprint density at radius 2 is 1.88 bits per heavy atom. The van der Waals surface area contributed by atoms with Gasteiger partial charge in [0.05, 0.1) is 12.2 Å². The van der Waals surface area contributed by atoms with Gasteiger partial charge in [-0.3, -0.25) is 4.79 Å². The first-order chi connectivity index (χ1) is 12.6. The van der Waals surface area contributed by atoms with E-state index in [0.29, 0.717) is 24.2 Å². The van der Waals surface area contributed by atoms with Crippen LogP contribution in [0, 0.1) is 5.92 Å². The Balaban J connectivity index is 2.46. The van der Waals surface area contributed by atoms with Gasteiger partial charge in [-0.2, -0.15) is 0 Å². The van der Waals surface area contributed by atoms with Crippen LogP contribution in [0.25, 0.3) is 5.57 Å². The molecule has 0 saturated heterocycles. The zero-order valence-corrected chi connectivity index (χ0v) is 16.2. The van der Waals surface area contributed by atoms with E-state index < -0.39 is 0 Å². The zero-order chi connectivity index (χ0) is 18.9. The number of carbonyl (C=O) groups is 2. The van der Waals surface area contributed by atoms with Crippen LogP contribution in [0.3, 0.4) is 0 Å². The average molecular weight is 354 g/mol. The van der Waals surface area contributed by atoms with Crippen molar-refractivity contribution in [1.82, 2.24) is 0 Å². The van der Waals surface area contributed by atoms with Crippen molar-refractivity contribution in [3.05, 3.63) is 53.1 Å². The Labute approximate surface area is 157 Å². The minimum atomic E-state index is -0.383. The molecule has 140 valence electrons. The molecule has 1 aliphatic carbocycles. The summed E-state index contributed by atoms with van der Waals surface area (Å²) in [6.07, 6.45) is 8.25. The number of unbranched alkanes of at least 4 members (excludes halogenated alkanes) is 4. The van der Waals surface area contributed by atoms with E-state index in [0.717, 1.165) is 24.0 Å². The number of allylic oxidation sites excluding steroid dienone is 2. The quantitative estimate of drug-likeness (QED) is 0.457. The number of ether oxygens (including phenoxy) is 1. The molecule has 0 heterocycles. The molecule has 1 aromatic rings. The van der Waals surface area contributed by atoms with E-state index in [2.05, 4.69) is 13.0 Å². The minimum absolute atomic E-state index is 0.0230. The number of rotatable bonds is 8. The summed E-state index contributed by atoms with van der Waals surface area (Å²) >= 11 is 0. The first-order valence-corrected chi connectivity index (χ1v) is 9.80. The molecule has 26 heavy (non-hydrogen) atoms. The lowest BCUT2D eigenvalue weighted by Crippen LogP contribution is -2.25. The van der Waals surface area contributed by atoms with Crippen LogP contribution in [0.15, 0.2) is 47.6 Å². The molecule has 2 rings (SSSR count). The lowest BCUT2D eigenvalue weighted by molar-refractivity contribution is -0.138. The summed E-state index contributed by atoms with van der Waals surface area (Å²) in [5.74, 6) is -0.318. The number of carbonyl (C=O) groups excluding carboxylic acids is 2. The van der Waals surface area contributed by atoms with Gasteiger partial charge in [0, 0.05) is 12.0 Å². The second-order valence-electron chi connectivity index (χ2n) is 6.87. The van der Waals surface area contributed by atoms with Crippen molar-refractivity contribution in [1.29, 1.82) is 0 Å². The highest BCUT2D eigenvalue weighted by molar-refractivity contribution is 6.28. The minimum Gasteiger partial charge on any atom is -0.462 e. The van der Waals surface area contributed by atoms with E-state index in [9.17, 15) is 9.59 Å². The van der Waals surface area contributed by atoms with Gasteiger partial charge in [-0.25, -0.2) is 4.79 Å². The summed E-state index contributed by atoms with van der Waals surface area (Å²) in [6.45, 7) is 6.32. The third-order valence-corrected chi connectivity index (χ3v) is 4.80. The normalized spacial score (nSPS) is 19.1. The van der Waals surface area contributed by atoms with Crippen molar-refractivity contribution in [3.63, 3.8) is 0 Å². The molecule has 0 radical (unpaired) electrons. The van der Waals surface area contributed by atoms with Crippen molar-refractivity contribution in [2.24, 2.45) is 5.92 Å². The third-order valence-electron chi connectivity index (χ3n) is 4.80. The molecule has 0 amide bonds. The standard InChI is InChI=1S/C23H30O3/c1-4-6-7-8-12-15-19-17(3)16-20(24)21(18-13-10-9-11-14-18)22(19)23(25)26-5-2/h9-11,13-15,17H,4-8,12,16H2,1-3H3/b19-15-. The highest BCUT2D eigenvalue weighted by atomic mass is 16.5. The molecule has 0 saturated carbocycles. The second-order valence-corrected chi connectivity index (χ2v) is 6.87. The van der Waals surface area contributed by atoms with Crippen LogP contribution in [0.1, 0.15) is 64.9 Å². The number of ketones is 1. The molecule has 0 bridgehead atoms. The molecule has 0 N–H and O–H groups in total. The van der Waals surface area contributed by atoms with Gasteiger partial charge in [-0.1, -0.05) is 69.5 Å². The van der Waals surface area contributed by atoms with E-state index >= 15 is 0 Å². The highest BCUT2D eigenvalue weighted by Crippen LogP contribution is 2.38. The van der Waals surface area contributed by atoms with E-state index in [1.165, 1.54) is 19.3 Å². The van der Waals surface area contributed by atoms with Crippen LogP contribution in [0.2, 0.25) is 0 Å². The topological polar surface area (TPSA) is 43.4 Å². The molecule has 0 aliphatic heterocycles. The fourth-order valence-electron chi connectivity index (χ4n) is 3.49. The van der Waals surface area contributed by atoms with Crippen LogP contribution in [0.4, 0.5) is 0 Å². The molecule has 0 spiro atoms. The Morgan fingerprint density at radius 3 is 2.54 bits per heavy atom. The van der Waals surface area contributed by atoms with Gasteiger partial charge in [0.1, 0.15) is 0 Å². The fraction of sp³-hybridized carbons (Fsp3) is 0.478. The maximum Gasteiger partial charge on any atom is 0.339 e. The van der Waals surface area contributed by atoms with Gasteiger partial charge < -0.3 is 4.74 Å². The van der Waals surface area contributed by atoms with Crippen LogP contribution in [-0.2, 0) is 14.3 Å². The van der Waals surface area contributed by atoms with Gasteiger partial charge in [-0.05, 0) is 36.8 Å². The summed E-state index contributed by atoms with van der Waals surface area (Å²) in [4.78, 5) is 25.5. The van der Waals surface area contributed by atoms with Crippen LogP contribution >= 0.6 is 0 Å². The van der Waals surface area contributed by atoms with Crippen LogP contribution < -0.4 is 0 Å². The molecule has 1 atom stereocenters. The number of Topliss-reactive ketones (excluding diaryl/α,β-unsaturated/α-hetero) is 1. The van der Waals surface area contributed by atoms with Crippen LogP contribution in [-0.4, -0.2) is 18.4 Å². The van der Waals surface area contributed by atoms with Gasteiger partial charge in [0.25, 0.3) is 0 Å². The molecule has 3 heteroatoms. The summed E-state index contributed by atoms with van der Waals surface area (Å²) in [7, 11) is 0. The van der Waals surface area contributed by atoms with Crippen molar-refractivity contribution in [2.45, 2.75) is 59.3 Å². The third kappa shape index (κ3) is 4.94. The summed E-state index contributed by atoms with van der Waals surface area (Å²) in [5, 5.41) is 0. The van der Waals surface area contributed by atoms with Gasteiger partial charge >= 0.3 is 5.97 Å². The van der Waals surface area contributed by atoms with Crippen LogP contribution in [0.5, 0.6) is 0 Å². The number of esters is 1. The fourth-order valence-corrected chi connectivity index (χ4v) is 3.49. The molecular weight excluding hydrogens is 324 g/mol. The van der Waals surface area contributed by atoms with Crippen molar-refractivity contribution in [3.8, 4) is 0 Å². The average Bonchev–Trinajstić information content (AvgIpc) is 2.63. The monoisotopic (exact) mass is 354 g/mol. The lowest BCUT2D eigenvalue weighted by Gasteiger charge is -2.26. The predicted molar refractivity (Wildman–Crippen MR) is 106 cm³/mol. The predicted octanol–water partition coefficient (Wildman–Crippen LogP) is 5.51. The van der Waals surface area contributed by atoms with Gasteiger partial charge in [0.2, 0.25) is 0 Å². The molecule has 1 unspecified atom stereocenters. The Morgan fingerprint density at radius 1 is 1.15 bits per heavy atom. The first-order valence-electron chi connectivity index (χ1n) is 9.80. The summed E-state index contributed by atoms with van der Waals surface area (Å²) in [6, 6.07) is 9.48. The summed E-state index contributed by atoms with van der Waals surface area (Å²) < 4.78 is 5.32. The van der Waals surface area contributed by atoms with E-state index in [1.54, 1.807) is 6.92 Å². The molecule has 0 aromatic heterocycles. The van der Waals surface area contributed by atoms with E-state index in [4.69, 9.17) is 4.74 Å². The molecule has 1 aliphatic rings. The maximum atomic E-state index is 12.8. The SMILES string of the molecule is CCCCCC/C=C1\C(C(=O)OCC)=C(c2ccccc2)C(=O)CC1C. The highest BCUT2D eigenvalue weighted by Gasteiger charge is 2.34. The zero-order valence-electron chi connectivity index (χ0n) is 16.2. The first kappa shape index (κ1) is 20.2. The van der Waals surface area contributed by atoms with E-state index in [1.807, 2.05) is 37.3 Å². The van der Waals surface area contributed by atoms with E-state index in [-0.39, 0.29) is 17.7 Å². The maximum absolute atomic E-state index is 12.8. The smallest absolute Gasteiger partial charge is 0.339 e. The van der Waals surface area contributed by atoms with Gasteiger partial charge in [-0.15, -0.1) is 0 Å².